The van der Waals surface area contributed by atoms with E-state index in [1.165, 1.54) is 31.2 Å². The number of ether oxygens (including phenoxy) is 1. The molecule has 0 aliphatic rings. The van der Waals surface area contributed by atoms with Crippen LogP contribution in [-0.2, 0) is 14.9 Å². The van der Waals surface area contributed by atoms with Gasteiger partial charge in [-0.05, 0) is 68.3 Å². The molecule has 0 aliphatic carbocycles. The fraction of sp³-hybridized carbons (Fsp3) is 0.0714. The molecule has 0 amide bonds. The van der Waals surface area contributed by atoms with E-state index in [1.807, 2.05) is 0 Å². The van der Waals surface area contributed by atoms with Gasteiger partial charge in [-0.2, -0.15) is 8.42 Å². The average molecular weight is 529 g/mol. The van der Waals surface area contributed by atoms with Gasteiger partial charge in [0.05, 0.1) is 8.95 Å². The predicted octanol–water partition coefficient (Wildman–Crippen LogP) is 4.67. The maximum atomic E-state index is 12.3. The van der Waals surface area contributed by atoms with Crippen LogP contribution in [0.25, 0.3) is 0 Å². The highest BCUT2D eigenvalue weighted by Gasteiger charge is 2.20. The topological polar surface area (TPSA) is 69.7 Å². The summed E-state index contributed by atoms with van der Waals surface area (Å²) in [6, 6.07) is 8.69. The molecule has 122 valence electrons. The zero-order valence-electron chi connectivity index (χ0n) is 11.5. The Kier molecular flexibility index (Phi) is 5.88. The van der Waals surface area contributed by atoms with E-state index in [2.05, 4.69) is 47.8 Å². The first-order valence-electron chi connectivity index (χ1n) is 6.06. The van der Waals surface area contributed by atoms with Gasteiger partial charge in [0.15, 0.2) is 5.75 Å². The summed E-state index contributed by atoms with van der Waals surface area (Å²) in [5.41, 5.74) is 0. The largest absolute Gasteiger partial charge is 0.427 e. The van der Waals surface area contributed by atoms with Gasteiger partial charge in [0.25, 0.3) is 0 Å². The zero-order valence-corrected chi connectivity index (χ0v) is 17.1. The number of hydrogen-bond acceptors (Lipinski definition) is 5. The fourth-order valence-corrected chi connectivity index (χ4v) is 5.21. The molecule has 0 spiro atoms. The molecule has 0 heterocycles. The highest BCUT2D eigenvalue weighted by atomic mass is 79.9. The van der Waals surface area contributed by atoms with Crippen LogP contribution in [0.2, 0.25) is 0 Å². The van der Waals surface area contributed by atoms with Gasteiger partial charge >= 0.3 is 16.1 Å². The molecule has 0 saturated carbocycles. The second-order valence-electron chi connectivity index (χ2n) is 4.30. The Bertz CT molecular complexity index is 824. The molecule has 0 unspecified atom stereocenters. The van der Waals surface area contributed by atoms with Crippen LogP contribution < -0.4 is 8.92 Å². The summed E-state index contributed by atoms with van der Waals surface area (Å²) in [6.45, 7) is 1.26. The summed E-state index contributed by atoms with van der Waals surface area (Å²) in [5.74, 6) is -0.0979. The Labute approximate surface area is 158 Å². The lowest BCUT2D eigenvalue weighted by atomic mass is 10.3. The van der Waals surface area contributed by atoms with E-state index in [4.69, 9.17) is 8.92 Å². The van der Waals surface area contributed by atoms with Crippen molar-refractivity contribution in [2.45, 2.75) is 11.8 Å². The lowest BCUT2D eigenvalue weighted by Gasteiger charge is -2.11. The molecule has 0 radical (unpaired) electrons. The second kappa shape index (κ2) is 7.33. The van der Waals surface area contributed by atoms with Crippen molar-refractivity contribution in [1.29, 1.82) is 0 Å². The van der Waals surface area contributed by atoms with Crippen molar-refractivity contribution >= 4 is 63.9 Å². The molecule has 9 heteroatoms. The van der Waals surface area contributed by atoms with Crippen LogP contribution in [0.1, 0.15) is 6.92 Å². The molecule has 0 bridgehead atoms. The third-order valence-electron chi connectivity index (χ3n) is 2.53. The van der Waals surface area contributed by atoms with Crippen LogP contribution in [0.5, 0.6) is 11.5 Å². The zero-order chi connectivity index (χ0) is 17.2. The molecule has 5 nitrogen and oxygen atoms in total. The van der Waals surface area contributed by atoms with Gasteiger partial charge in [-0.15, -0.1) is 0 Å². The van der Waals surface area contributed by atoms with E-state index in [0.717, 1.165) is 4.47 Å². The number of benzene rings is 2. The monoisotopic (exact) mass is 526 g/mol. The van der Waals surface area contributed by atoms with Crippen molar-refractivity contribution in [3.8, 4) is 11.5 Å². The Morgan fingerprint density at radius 2 is 1.52 bits per heavy atom. The SMILES string of the molecule is CC(=O)Oc1ccc(S(=O)(=O)Oc2c(Br)cc(Br)cc2Br)cc1. The van der Waals surface area contributed by atoms with Crippen LogP contribution >= 0.6 is 47.8 Å². The lowest BCUT2D eigenvalue weighted by Crippen LogP contribution is -2.10. The Balaban J connectivity index is 2.31. The first kappa shape index (κ1) is 18.4. The van der Waals surface area contributed by atoms with Crippen LogP contribution in [0.4, 0.5) is 0 Å². The van der Waals surface area contributed by atoms with Crippen molar-refractivity contribution in [3.05, 3.63) is 49.8 Å². The number of carbonyl (C=O) groups is 1. The first-order valence-corrected chi connectivity index (χ1v) is 9.85. The Morgan fingerprint density at radius 1 is 1.00 bits per heavy atom. The number of hydrogen-bond donors (Lipinski definition) is 0. The smallest absolute Gasteiger partial charge is 0.339 e. The Hall–Kier alpha value is -0.900. The molecule has 0 atom stereocenters. The van der Waals surface area contributed by atoms with Crippen molar-refractivity contribution in [1.82, 2.24) is 0 Å². The second-order valence-corrected chi connectivity index (χ2v) is 8.47. The molecule has 0 fully saturated rings. The third kappa shape index (κ3) is 4.79. The van der Waals surface area contributed by atoms with Crippen molar-refractivity contribution in [2.75, 3.05) is 0 Å². The van der Waals surface area contributed by atoms with Gasteiger partial charge in [0.1, 0.15) is 10.6 Å². The molecule has 0 aliphatic heterocycles. The fourth-order valence-electron chi connectivity index (χ4n) is 1.61. The maximum absolute atomic E-state index is 12.3. The molecular weight excluding hydrogens is 520 g/mol. The summed E-state index contributed by atoms with van der Waals surface area (Å²) in [6.07, 6.45) is 0. The summed E-state index contributed by atoms with van der Waals surface area (Å²) < 4.78 is 36.4. The number of halogens is 3. The molecular formula is C14H9Br3O5S. The first-order chi connectivity index (χ1) is 10.7. The number of carbonyl (C=O) groups excluding carboxylic acids is 1. The minimum Gasteiger partial charge on any atom is -0.427 e. The van der Waals surface area contributed by atoms with Crippen LogP contribution in [-0.4, -0.2) is 14.4 Å². The van der Waals surface area contributed by atoms with Gasteiger partial charge in [-0.3, -0.25) is 4.79 Å². The van der Waals surface area contributed by atoms with E-state index in [-0.39, 0.29) is 16.4 Å². The molecule has 2 aromatic rings. The summed E-state index contributed by atoms with van der Waals surface area (Å²) in [7, 11) is -4.03. The van der Waals surface area contributed by atoms with Crippen molar-refractivity contribution in [3.63, 3.8) is 0 Å². The summed E-state index contributed by atoms with van der Waals surface area (Å²) >= 11 is 9.80. The quantitative estimate of drug-likeness (QED) is 0.328. The molecule has 23 heavy (non-hydrogen) atoms. The highest BCUT2D eigenvalue weighted by Crippen LogP contribution is 2.38. The number of esters is 1. The third-order valence-corrected chi connectivity index (χ3v) is 5.40. The van der Waals surface area contributed by atoms with Gasteiger partial charge in [-0.25, -0.2) is 0 Å². The van der Waals surface area contributed by atoms with E-state index >= 15 is 0 Å². The van der Waals surface area contributed by atoms with Crippen LogP contribution in [0.3, 0.4) is 0 Å². The van der Waals surface area contributed by atoms with Gasteiger partial charge in [0.2, 0.25) is 0 Å². The van der Waals surface area contributed by atoms with Crippen molar-refractivity contribution in [2.24, 2.45) is 0 Å². The van der Waals surface area contributed by atoms with E-state index in [9.17, 15) is 13.2 Å². The minimum atomic E-state index is -4.03. The lowest BCUT2D eigenvalue weighted by molar-refractivity contribution is -0.131. The van der Waals surface area contributed by atoms with Crippen LogP contribution in [0, 0.1) is 0 Å². The van der Waals surface area contributed by atoms with Crippen LogP contribution in [0.15, 0.2) is 54.7 Å². The molecule has 0 aromatic heterocycles. The van der Waals surface area contributed by atoms with E-state index in [0.29, 0.717) is 8.95 Å². The maximum Gasteiger partial charge on any atom is 0.339 e. The normalized spacial score (nSPS) is 11.1. The van der Waals surface area contributed by atoms with Crippen molar-refractivity contribution < 1.29 is 22.1 Å². The highest BCUT2D eigenvalue weighted by molar-refractivity contribution is 9.11. The number of rotatable bonds is 4. The summed E-state index contributed by atoms with van der Waals surface area (Å²) in [5, 5.41) is 0. The predicted molar refractivity (Wildman–Crippen MR) is 95.1 cm³/mol. The van der Waals surface area contributed by atoms with E-state index < -0.39 is 16.1 Å². The van der Waals surface area contributed by atoms with Gasteiger partial charge in [-0.1, -0.05) is 15.9 Å². The van der Waals surface area contributed by atoms with Gasteiger partial charge in [0, 0.05) is 11.4 Å². The molecule has 2 aromatic carbocycles. The molecule has 2 rings (SSSR count). The Morgan fingerprint density at radius 3 is 2.00 bits per heavy atom. The van der Waals surface area contributed by atoms with Gasteiger partial charge < -0.3 is 8.92 Å². The average Bonchev–Trinajstić information content (AvgIpc) is 2.43. The molecule has 0 N–H and O–H groups in total. The summed E-state index contributed by atoms with van der Waals surface area (Å²) in [4.78, 5) is 10.8. The molecule has 0 saturated heterocycles. The standard InChI is InChI=1S/C14H9Br3O5S/c1-8(18)21-10-2-4-11(5-3-10)23(19,20)22-14-12(16)6-9(15)7-13(14)17/h2-7H,1H3. The minimum absolute atomic E-state index is 0.0601. The van der Waals surface area contributed by atoms with E-state index in [1.54, 1.807) is 12.1 Å².